The first-order valence-corrected chi connectivity index (χ1v) is 14.7. The Morgan fingerprint density at radius 2 is 1.78 bits per heavy atom. The van der Waals surface area contributed by atoms with Crippen LogP contribution in [0.25, 0.3) is 26.1 Å². The summed E-state index contributed by atoms with van der Waals surface area (Å²) >= 11 is 7.51. The first-order chi connectivity index (χ1) is 20.2. The van der Waals surface area contributed by atoms with Gasteiger partial charge in [0.15, 0.2) is 10.2 Å². The number of pyridine rings is 1. The first kappa shape index (κ1) is 25.4. The number of hydrogen-bond donors (Lipinski definition) is 2. The van der Waals surface area contributed by atoms with Gasteiger partial charge in [-0.25, -0.2) is 4.98 Å². The molecule has 9 heteroatoms. The van der Waals surface area contributed by atoms with Gasteiger partial charge in [-0.15, -0.1) is 0 Å². The van der Waals surface area contributed by atoms with Crippen LogP contribution in [0.1, 0.15) is 29.9 Å². The van der Waals surface area contributed by atoms with E-state index in [1.807, 2.05) is 91.1 Å². The minimum atomic E-state index is -0.190. The lowest BCUT2D eigenvalue weighted by molar-refractivity contribution is -0.116. The Hall–Kier alpha value is -4.60. The van der Waals surface area contributed by atoms with Crippen LogP contribution in [0, 0.1) is 0 Å². The number of rotatable bonds is 7. The summed E-state index contributed by atoms with van der Waals surface area (Å²) in [6.07, 6.45) is 4.11. The Kier molecular flexibility index (Phi) is 6.66. The fourth-order valence-corrected chi connectivity index (χ4v) is 6.81. The number of thiocarbonyl (C=S) groups is 1. The van der Waals surface area contributed by atoms with E-state index in [0.717, 1.165) is 43.2 Å². The smallest absolute Gasteiger partial charge is 0.226 e. The van der Waals surface area contributed by atoms with E-state index < -0.39 is 0 Å². The van der Waals surface area contributed by atoms with Gasteiger partial charge in [-0.1, -0.05) is 65.9 Å². The third-order valence-electron chi connectivity index (χ3n) is 7.41. The van der Waals surface area contributed by atoms with Crippen LogP contribution in [0.15, 0.2) is 109 Å². The molecule has 6 aromatic rings. The Morgan fingerprint density at radius 1 is 0.951 bits per heavy atom. The summed E-state index contributed by atoms with van der Waals surface area (Å²) in [5, 5.41) is 10.2. The molecule has 1 saturated heterocycles. The van der Waals surface area contributed by atoms with Gasteiger partial charge in [-0.3, -0.25) is 14.3 Å². The van der Waals surface area contributed by atoms with Crippen LogP contribution in [0.3, 0.4) is 0 Å². The average molecular weight is 575 g/mol. The van der Waals surface area contributed by atoms with E-state index in [1.165, 1.54) is 0 Å². The summed E-state index contributed by atoms with van der Waals surface area (Å²) < 4.78 is 3.26. The molecule has 2 N–H and O–H groups in total. The zero-order valence-corrected chi connectivity index (χ0v) is 23.6. The number of carbonyl (C=O) groups excluding carboxylic acids is 1. The average Bonchev–Trinajstić information content (AvgIpc) is 3.73. The molecule has 0 saturated carbocycles. The third kappa shape index (κ3) is 4.83. The van der Waals surface area contributed by atoms with E-state index in [1.54, 1.807) is 17.5 Å². The molecule has 1 aliphatic rings. The molecule has 1 fully saturated rings. The fourth-order valence-electron chi connectivity index (χ4n) is 5.51. The van der Waals surface area contributed by atoms with Crippen molar-refractivity contribution >= 4 is 61.3 Å². The second-order valence-electron chi connectivity index (χ2n) is 9.91. The van der Waals surface area contributed by atoms with Gasteiger partial charge >= 0.3 is 0 Å². The van der Waals surface area contributed by atoms with Crippen molar-refractivity contribution in [3.63, 3.8) is 0 Å². The Morgan fingerprint density at radius 3 is 2.66 bits per heavy atom. The highest BCUT2D eigenvalue weighted by atomic mass is 32.1. The van der Waals surface area contributed by atoms with Gasteiger partial charge in [0.2, 0.25) is 5.91 Å². The quantitative estimate of drug-likeness (QED) is 0.208. The second kappa shape index (κ2) is 10.8. The predicted molar refractivity (Wildman–Crippen MR) is 168 cm³/mol. The molecule has 2 atom stereocenters. The maximum atomic E-state index is 13.2. The summed E-state index contributed by atoms with van der Waals surface area (Å²) in [6, 6.07) is 31.8. The van der Waals surface area contributed by atoms with Crippen molar-refractivity contribution in [3.05, 3.63) is 121 Å². The van der Waals surface area contributed by atoms with Crippen LogP contribution in [-0.2, 0) is 4.79 Å². The van der Waals surface area contributed by atoms with Crippen LogP contribution >= 0.6 is 23.6 Å². The lowest BCUT2D eigenvalue weighted by Crippen LogP contribution is -2.33. The fraction of sp³-hybridized carbons (Fsp3) is 0.125. The topological polar surface area (TPSA) is 75.1 Å². The maximum Gasteiger partial charge on any atom is 0.226 e. The molecule has 1 aliphatic heterocycles. The molecule has 41 heavy (non-hydrogen) atoms. The highest BCUT2D eigenvalue weighted by molar-refractivity contribution is 7.80. The molecule has 3 aromatic carbocycles. The van der Waals surface area contributed by atoms with Crippen molar-refractivity contribution in [1.82, 2.24) is 24.8 Å². The molecule has 0 spiro atoms. The molecule has 7 nitrogen and oxygen atoms in total. The molecule has 202 valence electrons. The van der Waals surface area contributed by atoms with Crippen LogP contribution < -0.4 is 10.6 Å². The molecule has 0 bridgehead atoms. The molecule has 3 aromatic heterocycles. The number of amides is 1. The van der Waals surface area contributed by atoms with Crippen molar-refractivity contribution in [3.8, 4) is 5.13 Å². The van der Waals surface area contributed by atoms with Gasteiger partial charge in [0.25, 0.3) is 0 Å². The minimum Gasteiger partial charge on any atom is -0.352 e. The van der Waals surface area contributed by atoms with Crippen LogP contribution in [0.2, 0.25) is 0 Å². The molecular weight excluding hydrogens is 549 g/mol. The standard InChI is InChI=1S/C32H26N6OS2/c39-28(34-23-14-7-10-21-9-1-2-11-22(21)23)17-20-38-30(29(36-31(38)40)25-13-5-6-18-33-25)26-15-8-19-37(26)32-35-24-12-3-4-16-27(24)41-32/h1-16,18-19,29-30H,17,20H2,(H,34,39)(H,36,40)/t29-,30+/m0/s1. The number of aromatic nitrogens is 3. The lowest BCUT2D eigenvalue weighted by atomic mass is 10.0. The summed E-state index contributed by atoms with van der Waals surface area (Å²) in [7, 11) is 0. The van der Waals surface area contributed by atoms with Gasteiger partial charge < -0.3 is 15.5 Å². The van der Waals surface area contributed by atoms with Crippen LogP contribution in [-0.4, -0.2) is 37.0 Å². The first-order valence-electron chi connectivity index (χ1n) is 13.4. The number of thiazole rings is 1. The monoisotopic (exact) mass is 574 g/mol. The number of para-hydroxylation sites is 1. The summed E-state index contributed by atoms with van der Waals surface area (Å²) in [6.45, 7) is 0.446. The molecular formula is C32H26N6OS2. The number of carbonyl (C=O) groups is 1. The number of benzene rings is 3. The molecule has 0 radical (unpaired) electrons. The SMILES string of the molecule is O=C(CCN1C(=S)N[C@@H](c2ccccn2)[C@H]1c1cccn1-c1nc2ccccc2s1)Nc1cccc2ccccc12. The Bertz CT molecular complexity index is 1840. The van der Waals surface area contributed by atoms with Crippen molar-refractivity contribution in [2.45, 2.75) is 18.5 Å². The molecule has 0 unspecified atom stereocenters. The Labute approximate surface area is 246 Å². The second-order valence-corrected chi connectivity index (χ2v) is 11.3. The van der Waals surface area contributed by atoms with Gasteiger partial charge in [-0.05, 0) is 60.1 Å². The van der Waals surface area contributed by atoms with Crippen LogP contribution in [0.4, 0.5) is 5.69 Å². The van der Waals surface area contributed by atoms with Crippen molar-refractivity contribution in [2.75, 3.05) is 11.9 Å². The van der Waals surface area contributed by atoms with Crippen LogP contribution in [0.5, 0.6) is 0 Å². The summed E-state index contributed by atoms with van der Waals surface area (Å²) in [4.78, 5) is 24.9. The van der Waals surface area contributed by atoms with Gasteiger partial charge in [0.1, 0.15) is 0 Å². The largest absolute Gasteiger partial charge is 0.352 e. The minimum absolute atomic E-state index is 0.0641. The predicted octanol–water partition coefficient (Wildman–Crippen LogP) is 6.64. The van der Waals surface area contributed by atoms with E-state index in [0.29, 0.717) is 11.7 Å². The number of nitrogens with zero attached hydrogens (tertiary/aromatic N) is 4. The Balaban J connectivity index is 1.19. The summed E-state index contributed by atoms with van der Waals surface area (Å²) in [5.41, 5.74) is 3.69. The molecule has 1 amide bonds. The number of fused-ring (bicyclic) bond motifs is 2. The van der Waals surface area contributed by atoms with E-state index in [9.17, 15) is 4.79 Å². The van der Waals surface area contributed by atoms with Crippen molar-refractivity contribution < 1.29 is 4.79 Å². The third-order valence-corrected chi connectivity index (χ3v) is 8.80. The highest BCUT2D eigenvalue weighted by Gasteiger charge is 2.41. The zero-order valence-electron chi connectivity index (χ0n) is 22.0. The van der Waals surface area contributed by atoms with E-state index >= 15 is 0 Å². The normalized spacial score (nSPS) is 16.8. The molecule has 7 rings (SSSR count). The lowest BCUT2D eigenvalue weighted by Gasteiger charge is -2.28. The zero-order chi connectivity index (χ0) is 27.8. The molecule has 4 heterocycles. The number of hydrogen-bond acceptors (Lipinski definition) is 5. The number of anilines is 1. The van der Waals surface area contributed by atoms with E-state index in [-0.39, 0.29) is 24.4 Å². The van der Waals surface area contributed by atoms with Crippen molar-refractivity contribution in [2.24, 2.45) is 0 Å². The maximum absolute atomic E-state index is 13.2. The van der Waals surface area contributed by atoms with Gasteiger partial charge in [0.05, 0.1) is 33.7 Å². The van der Waals surface area contributed by atoms with Gasteiger partial charge in [-0.2, -0.15) is 0 Å². The van der Waals surface area contributed by atoms with E-state index in [4.69, 9.17) is 17.2 Å². The van der Waals surface area contributed by atoms with Gasteiger partial charge in [0, 0.05) is 36.4 Å². The van der Waals surface area contributed by atoms with Crippen molar-refractivity contribution in [1.29, 1.82) is 0 Å². The summed E-state index contributed by atoms with van der Waals surface area (Å²) in [5.74, 6) is -0.0641. The highest BCUT2D eigenvalue weighted by Crippen LogP contribution is 2.40. The number of nitrogens with one attached hydrogen (secondary N) is 2. The molecule has 0 aliphatic carbocycles. The van der Waals surface area contributed by atoms with E-state index in [2.05, 4.69) is 37.2 Å².